The second-order valence-electron chi connectivity index (χ2n) is 15.2. The summed E-state index contributed by atoms with van der Waals surface area (Å²) >= 11 is 1.74. The van der Waals surface area contributed by atoms with E-state index < -0.39 is 23.3 Å². The minimum atomic E-state index is -0.710. The molecule has 0 aliphatic heterocycles. The van der Waals surface area contributed by atoms with E-state index in [9.17, 15) is 0 Å². The maximum atomic E-state index is 15.8. The van der Waals surface area contributed by atoms with Crippen LogP contribution in [0, 0.1) is 29.4 Å². The van der Waals surface area contributed by atoms with Gasteiger partial charge >= 0.3 is 0 Å². The minimum Gasteiger partial charge on any atom is -0.206 e. The third-order valence-corrected chi connectivity index (χ3v) is 13.4. The van der Waals surface area contributed by atoms with Crippen molar-refractivity contribution in [2.75, 3.05) is 0 Å². The molecule has 1 heterocycles. The van der Waals surface area contributed by atoms with Gasteiger partial charge in [0.15, 0.2) is 5.83 Å². The van der Waals surface area contributed by atoms with E-state index in [2.05, 4.69) is 72.5 Å². The van der Waals surface area contributed by atoms with Crippen LogP contribution in [0.1, 0.15) is 33.7 Å². The first kappa shape index (κ1) is 34.7. The Labute approximate surface area is 336 Å². The van der Waals surface area contributed by atoms with Crippen molar-refractivity contribution in [3.8, 4) is 0 Å². The van der Waals surface area contributed by atoms with Crippen LogP contribution in [0.15, 0.2) is 198 Å². The summed E-state index contributed by atoms with van der Waals surface area (Å²) < 4.78 is 64.8. The summed E-state index contributed by atoms with van der Waals surface area (Å²) in [6.07, 6.45) is 20.5. The van der Waals surface area contributed by atoms with Crippen LogP contribution in [0.5, 0.6) is 0 Å². The van der Waals surface area contributed by atoms with Crippen LogP contribution < -0.4 is 10.4 Å². The molecule has 58 heavy (non-hydrogen) atoms. The van der Waals surface area contributed by atoms with Crippen molar-refractivity contribution >= 4 is 48.2 Å². The number of hydrogen-bond acceptors (Lipinski definition) is 1. The molecule has 11 rings (SSSR count). The van der Waals surface area contributed by atoms with E-state index in [1.807, 2.05) is 66.8 Å². The van der Waals surface area contributed by atoms with Gasteiger partial charge in [0.25, 0.3) is 0 Å². The largest absolute Gasteiger partial charge is 0.206 e. The van der Waals surface area contributed by atoms with Gasteiger partial charge in [-0.3, -0.25) is 0 Å². The first-order chi connectivity index (χ1) is 28.5. The zero-order valence-electron chi connectivity index (χ0n) is 30.9. The first-order valence-electron chi connectivity index (χ1n) is 19.4. The first-order valence-corrected chi connectivity index (χ1v) is 20.3. The molecule has 5 aliphatic rings. The van der Waals surface area contributed by atoms with E-state index in [-0.39, 0.29) is 34.8 Å². The van der Waals surface area contributed by atoms with Crippen molar-refractivity contribution in [2.24, 2.45) is 17.8 Å². The van der Waals surface area contributed by atoms with Crippen molar-refractivity contribution in [1.29, 1.82) is 0 Å². The maximum absolute atomic E-state index is 15.8. The van der Waals surface area contributed by atoms with Gasteiger partial charge in [-0.05, 0) is 91.4 Å². The Hall–Kier alpha value is -6.52. The summed E-state index contributed by atoms with van der Waals surface area (Å²) in [7, 11) is 0. The lowest BCUT2D eigenvalue weighted by molar-refractivity contribution is 0.574. The van der Waals surface area contributed by atoms with Crippen LogP contribution in [0.25, 0.3) is 36.9 Å². The number of rotatable bonds is 4. The second-order valence-corrected chi connectivity index (χ2v) is 16.3. The molecule has 278 valence electrons. The van der Waals surface area contributed by atoms with Gasteiger partial charge in [-0.15, -0.1) is 11.3 Å². The highest BCUT2D eigenvalue weighted by molar-refractivity contribution is 7.25. The molecule has 0 spiro atoms. The van der Waals surface area contributed by atoms with Crippen LogP contribution >= 0.6 is 11.3 Å². The third kappa shape index (κ3) is 5.20. The van der Waals surface area contributed by atoms with Crippen LogP contribution in [0.4, 0.5) is 17.6 Å². The molecule has 0 nitrogen and oxygen atoms in total. The molecule has 0 bridgehead atoms. The number of hydrogen-bond donors (Lipinski definition) is 0. The van der Waals surface area contributed by atoms with Crippen LogP contribution in [0.3, 0.4) is 0 Å². The lowest BCUT2D eigenvalue weighted by Gasteiger charge is -2.37. The summed E-state index contributed by atoms with van der Waals surface area (Å²) in [6, 6.07) is 33.2. The van der Waals surface area contributed by atoms with Crippen LogP contribution in [0.2, 0.25) is 0 Å². The van der Waals surface area contributed by atoms with Crippen LogP contribution in [-0.4, -0.2) is 0 Å². The number of thiophene rings is 1. The fourth-order valence-electron chi connectivity index (χ4n) is 9.96. The molecule has 1 aromatic heterocycles. The predicted molar refractivity (Wildman–Crippen MR) is 229 cm³/mol. The molecular formula is C53H32F4S. The zero-order chi connectivity index (χ0) is 39.1. The van der Waals surface area contributed by atoms with Gasteiger partial charge < -0.3 is 0 Å². The standard InChI is InChI=1S/C53H32F4S/c54-41-22-9-10-23-42(55)52(41)51-37-19-7-3-15-33(37)48(34-16-4-8-20-38(34)51)40-21-11-26-45-49(40)39-28-27-30(29-46(39)58-45)47-31-13-1-5-17-35(31)50(36-18-6-2-14-32(36)47)53-43(56)24-12-25-44(53)57/h1-22,24-29,31,33,37,47H. The topological polar surface area (TPSA) is 0 Å². The van der Waals surface area contributed by atoms with E-state index in [1.165, 1.54) is 36.4 Å². The highest BCUT2D eigenvalue weighted by atomic mass is 32.1. The Morgan fingerprint density at radius 3 is 2.07 bits per heavy atom. The Morgan fingerprint density at radius 2 is 1.24 bits per heavy atom. The average Bonchev–Trinajstić information content (AvgIpc) is 3.54. The summed E-state index contributed by atoms with van der Waals surface area (Å²) in [4.78, 5) is 0. The molecule has 0 N–H and O–H groups in total. The molecule has 5 aliphatic carbocycles. The van der Waals surface area contributed by atoms with E-state index in [0.29, 0.717) is 11.1 Å². The number of fused-ring (bicyclic) bond motifs is 7. The van der Waals surface area contributed by atoms with Crippen molar-refractivity contribution in [1.82, 2.24) is 0 Å². The molecule has 0 saturated carbocycles. The molecule has 6 aromatic rings. The Morgan fingerprint density at radius 1 is 0.552 bits per heavy atom. The summed E-state index contributed by atoms with van der Waals surface area (Å²) in [5.41, 5.74) is 9.88. The summed E-state index contributed by atoms with van der Waals surface area (Å²) in [6.45, 7) is 0. The minimum absolute atomic E-state index is 0.00394. The van der Waals surface area contributed by atoms with Gasteiger partial charge in [0.1, 0.15) is 17.5 Å². The van der Waals surface area contributed by atoms with Crippen molar-refractivity contribution in [3.63, 3.8) is 0 Å². The van der Waals surface area contributed by atoms with Gasteiger partial charge in [-0.1, -0.05) is 139 Å². The molecule has 5 aromatic carbocycles. The van der Waals surface area contributed by atoms with E-state index >= 15 is 17.6 Å². The normalized spacial score (nSPS) is 21.7. The van der Waals surface area contributed by atoms with E-state index in [4.69, 9.17) is 0 Å². The maximum Gasteiger partial charge on any atom is 0.175 e. The van der Waals surface area contributed by atoms with Crippen molar-refractivity contribution < 1.29 is 17.6 Å². The highest BCUT2D eigenvalue weighted by Crippen LogP contribution is 2.52. The smallest absolute Gasteiger partial charge is 0.175 e. The van der Waals surface area contributed by atoms with Crippen molar-refractivity contribution in [3.05, 3.63) is 248 Å². The number of halogens is 4. The molecule has 0 amide bonds. The van der Waals surface area contributed by atoms with Crippen molar-refractivity contribution in [2.45, 2.75) is 5.92 Å². The Kier molecular flexibility index (Phi) is 8.11. The molecule has 5 heteroatoms. The Bertz CT molecular complexity index is 3200. The van der Waals surface area contributed by atoms with Gasteiger partial charge in [-0.2, -0.15) is 4.39 Å². The molecule has 0 radical (unpaired) electrons. The molecule has 4 unspecified atom stereocenters. The second kappa shape index (κ2) is 13.6. The predicted octanol–water partition coefficient (Wildman–Crippen LogP) is 12.5. The molecule has 0 saturated heterocycles. The molecule has 4 atom stereocenters. The highest BCUT2D eigenvalue weighted by Gasteiger charge is 2.38. The monoisotopic (exact) mass is 776 g/mol. The SMILES string of the molecule is FC1=C=CC=CC(F)=C1C1=c2ccccc2=C(c2cccc3sc4cc(C5c6ccccc6C(c6c(F)cccc6F)=C6C=CC=CC65)ccc4c23)C2C=CC=CC12. The number of allylic oxidation sites excluding steroid dienone is 14. The fourth-order valence-corrected chi connectivity index (χ4v) is 11.1. The van der Waals surface area contributed by atoms with Crippen LogP contribution in [-0.2, 0) is 0 Å². The lowest BCUT2D eigenvalue weighted by atomic mass is 9.66. The van der Waals surface area contributed by atoms with E-state index in [1.54, 1.807) is 11.3 Å². The van der Waals surface area contributed by atoms with E-state index in [0.717, 1.165) is 64.0 Å². The van der Waals surface area contributed by atoms with Gasteiger partial charge in [0.05, 0.1) is 11.1 Å². The average molecular weight is 777 g/mol. The third-order valence-electron chi connectivity index (χ3n) is 12.2. The number of benzene rings is 5. The Balaban J connectivity index is 1.12. The molecular weight excluding hydrogens is 745 g/mol. The molecule has 0 fully saturated rings. The summed E-state index contributed by atoms with van der Waals surface area (Å²) in [5, 5.41) is 4.02. The quantitative estimate of drug-likeness (QED) is 0.124. The zero-order valence-corrected chi connectivity index (χ0v) is 31.7. The van der Waals surface area contributed by atoms with Gasteiger partial charge in [0, 0.05) is 43.8 Å². The lowest BCUT2D eigenvalue weighted by Crippen LogP contribution is -2.40. The van der Waals surface area contributed by atoms with Gasteiger partial charge in [-0.25, -0.2) is 13.2 Å². The summed E-state index contributed by atoms with van der Waals surface area (Å²) in [5.74, 6) is -3.20. The fraction of sp³-hybridized carbons (Fsp3) is 0.0755. The van der Waals surface area contributed by atoms with Gasteiger partial charge in [0.2, 0.25) is 0 Å².